The number of benzene rings is 2. The fraction of sp³-hybridized carbons (Fsp3) is 0.304. The molecule has 1 aliphatic heterocycles. The van der Waals surface area contributed by atoms with E-state index >= 15 is 0 Å². The fourth-order valence-electron chi connectivity index (χ4n) is 4.83. The maximum atomic E-state index is 13.3. The Morgan fingerprint density at radius 1 is 1.14 bits per heavy atom. The van der Waals surface area contributed by atoms with Crippen LogP contribution in [0.5, 0.6) is 0 Å². The number of aromatic nitrogens is 1. The number of nitro groups is 1. The number of nitrogens with one attached hydrogen (secondary N) is 1. The molecule has 35 heavy (non-hydrogen) atoms. The lowest BCUT2D eigenvalue weighted by Gasteiger charge is -2.44. The maximum absolute atomic E-state index is 13.3. The van der Waals surface area contributed by atoms with Gasteiger partial charge >= 0.3 is 11.7 Å². The van der Waals surface area contributed by atoms with Gasteiger partial charge in [-0.05, 0) is 31.0 Å². The van der Waals surface area contributed by atoms with Crippen LogP contribution in [0.2, 0.25) is 0 Å². The molecule has 0 unspecified atom stereocenters. The van der Waals surface area contributed by atoms with Gasteiger partial charge in [-0.3, -0.25) is 34.0 Å². The number of esters is 1. The van der Waals surface area contributed by atoms with Crippen molar-refractivity contribution in [3.8, 4) is 0 Å². The van der Waals surface area contributed by atoms with Crippen LogP contribution >= 0.6 is 0 Å². The Kier molecular flexibility index (Phi) is 5.35. The van der Waals surface area contributed by atoms with Crippen molar-refractivity contribution >= 4 is 45.9 Å². The summed E-state index contributed by atoms with van der Waals surface area (Å²) in [6.07, 6.45) is 2.56. The molecule has 0 atom stereocenters. The molecule has 5 rings (SSSR count). The number of rotatable bonds is 5. The number of carbonyl (C=O) groups excluding carboxylic acids is 3. The zero-order valence-electron chi connectivity index (χ0n) is 18.4. The SMILES string of the molecule is O=C(Cn1c(=O)oc2cc([N+](=O)[O-])ccc21)OCC(=O)N1c2ccccc2NC(=O)C12CCCC2. The topological polar surface area (TPSA) is 154 Å². The van der Waals surface area contributed by atoms with Gasteiger partial charge in [0, 0.05) is 6.07 Å². The predicted molar refractivity (Wildman–Crippen MR) is 122 cm³/mol. The summed E-state index contributed by atoms with van der Waals surface area (Å²) in [6, 6.07) is 10.5. The van der Waals surface area contributed by atoms with E-state index in [9.17, 15) is 29.3 Å². The summed E-state index contributed by atoms with van der Waals surface area (Å²) in [5.74, 6) is -2.59. The molecule has 12 nitrogen and oxygen atoms in total. The molecular weight excluding hydrogens is 460 g/mol. The zero-order chi connectivity index (χ0) is 24.7. The van der Waals surface area contributed by atoms with E-state index in [0.29, 0.717) is 24.2 Å². The van der Waals surface area contributed by atoms with Gasteiger partial charge < -0.3 is 14.5 Å². The molecule has 2 amide bonds. The number of non-ortho nitro benzene ring substituents is 1. The van der Waals surface area contributed by atoms with E-state index in [0.717, 1.165) is 23.5 Å². The molecule has 180 valence electrons. The second-order valence-corrected chi connectivity index (χ2v) is 8.46. The van der Waals surface area contributed by atoms with Crippen molar-refractivity contribution in [1.82, 2.24) is 4.57 Å². The van der Waals surface area contributed by atoms with Crippen molar-refractivity contribution in [1.29, 1.82) is 0 Å². The van der Waals surface area contributed by atoms with Crippen LogP contribution in [-0.4, -0.2) is 39.4 Å². The molecule has 2 aromatic carbocycles. The van der Waals surface area contributed by atoms with Gasteiger partial charge in [-0.25, -0.2) is 4.79 Å². The van der Waals surface area contributed by atoms with Crippen LogP contribution in [0.25, 0.3) is 11.1 Å². The van der Waals surface area contributed by atoms with Crippen molar-refractivity contribution in [2.75, 3.05) is 16.8 Å². The Bertz CT molecular complexity index is 1430. The second-order valence-electron chi connectivity index (χ2n) is 8.46. The molecule has 1 N–H and O–H groups in total. The van der Waals surface area contributed by atoms with Crippen LogP contribution in [0.4, 0.5) is 17.1 Å². The summed E-state index contributed by atoms with van der Waals surface area (Å²) >= 11 is 0. The van der Waals surface area contributed by atoms with Gasteiger partial charge in [0.25, 0.3) is 17.5 Å². The number of amides is 2. The summed E-state index contributed by atoms with van der Waals surface area (Å²) in [6.45, 7) is -1.18. The van der Waals surface area contributed by atoms with Gasteiger partial charge in [-0.1, -0.05) is 25.0 Å². The van der Waals surface area contributed by atoms with Crippen molar-refractivity contribution in [3.05, 3.63) is 63.1 Å². The molecule has 1 saturated carbocycles. The Labute approximate surface area is 197 Å². The third kappa shape index (κ3) is 3.72. The van der Waals surface area contributed by atoms with Crippen LogP contribution in [0.1, 0.15) is 25.7 Å². The molecule has 0 radical (unpaired) electrons. The minimum Gasteiger partial charge on any atom is -0.454 e. The first-order valence-corrected chi connectivity index (χ1v) is 11.0. The molecule has 0 bridgehead atoms. The number of hydrogen-bond acceptors (Lipinski definition) is 8. The van der Waals surface area contributed by atoms with Crippen molar-refractivity contribution in [2.45, 2.75) is 37.8 Å². The molecule has 3 aromatic rings. The van der Waals surface area contributed by atoms with Crippen molar-refractivity contribution in [3.63, 3.8) is 0 Å². The Morgan fingerprint density at radius 2 is 1.89 bits per heavy atom. The quantitative estimate of drug-likeness (QED) is 0.332. The van der Waals surface area contributed by atoms with Crippen LogP contribution in [0, 0.1) is 10.1 Å². The molecule has 1 spiro atoms. The van der Waals surface area contributed by atoms with E-state index < -0.39 is 41.2 Å². The lowest BCUT2D eigenvalue weighted by Crippen LogP contribution is -2.61. The normalized spacial score (nSPS) is 16.2. The van der Waals surface area contributed by atoms with Gasteiger partial charge in [0.2, 0.25) is 0 Å². The molecule has 12 heteroatoms. The number of nitro benzene ring substituents is 1. The Balaban J connectivity index is 1.34. The molecule has 2 heterocycles. The highest BCUT2D eigenvalue weighted by molar-refractivity contribution is 6.15. The largest absolute Gasteiger partial charge is 0.454 e. The highest BCUT2D eigenvalue weighted by Crippen LogP contribution is 2.45. The average molecular weight is 480 g/mol. The van der Waals surface area contributed by atoms with Crippen LogP contribution in [0.15, 0.2) is 51.7 Å². The lowest BCUT2D eigenvalue weighted by molar-refractivity contribution is -0.384. The van der Waals surface area contributed by atoms with Gasteiger partial charge in [-0.2, -0.15) is 0 Å². The second kappa shape index (κ2) is 8.38. The number of fused-ring (bicyclic) bond motifs is 2. The van der Waals surface area contributed by atoms with Gasteiger partial charge in [0.05, 0.1) is 27.9 Å². The number of hydrogen-bond donors (Lipinski definition) is 1. The summed E-state index contributed by atoms with van der Waals surface area (Å²) in [5, 5.41) is 13.8. The fourth-order valence-corrected chi connectivity index (χ4v) is 4.83. The van der Waals surface area contributed by atoms with E-state index in [4.69, 9.17) is 9.15 Å². The van der Waals surface area contributed by atoms with Gasteiger partial charge in [0.15, 0.2) is 12.2 Å². The van der Waals surface area contributed by atoms with E-state index in [2.05, 4.69) is 5.32 Å². The van der Waals surface area contributed by atoms with E-state index in [1.165, 1.54) is 17.0 Å². The maximum Gasteiger partial charge on any atom is 0.420 e. The summed E-state index contributed by atoms with van der Waals surface area (Å²) in [7, 11) is 0. The van der Waals surface area contributed by atoms with Crippen molar-refractivity contribution < 1.29 is 28.5 Å². The van der Waals surface area contributed by atoms with Crippen LogP contribution < -0.4 is 16.0 Å². The molecule has 2 aliphatic rings. The first-order valence-electron chi connectivity index (χ1n) is 11.0. The minimum absolute atomic E-state index is 0.0489. The molecule has 1 aromatic heterocycles. The standard InChI is InChI=1S/C23H20N4O8/c28-19(26-16-6-2-1-5-15(16)24-21(30)23(26)9-3-4-10-23)13-34-20(29)12-25-17-8-7-14(27(32)33)11-18(17)35-22(25)31/h1-2,5-8,11H,3-4,9-10,12-13H2,(H,24,30). The third-order valence-electron chi connectivity index (χ3n) is 6.43. The first kappa shape index (κ1) is 22.3. The van der Waals surface area contributed by atoms with E-state index in [-0.39, 0.29) is 22.7 Å². The predicted octanol–water partition coefficient (Wildman–Crippen LogP) is 2.34. The van der Waals surface area contributed by atoms with E-state index in [1.54, 1.807) is 24.3 Å². The van der Waals surface area contributed by atoms with Crippen LogP contribution in [0.3, 0.4) is 0 Å². The Hall–Kier alpha value is -4.48. The monoisotopic (exact) mass is 480 g/mol. The average Bonchev–Trinajstić information content (AvgIpc) is 3.43. The van der Waals surface area contributed by atoms with E-state index in [1.807, 2.05) is 0 Å². The smallest absolute Gasteiger partial charge is 0.420 e. The number of nitrogens with zero attached hydrogens (tertiary/aromatic N) is 3. The number of ether oxygens (including phenoxy) is 1. The highest BCUT2D eigenvalue weighted by Gasteiger charge is 2.52. The molecule has 1 fully saturated rings. The Morgan fingerprint density at radius 3 is 2.63 bits per heavy atom. The number of para-hydroxylation sites is 2. The summed E-state index contributed by atoms with van der Waals surface area (Å²) in [4.78, 5) is 62.7. The van der Waals surface area contributed by atoms with Crippen LogP contribution in [-0.2, 0) is 25.7 Å². The third-order valence-corrected chi connectivity index (χ3v) is 6.43. The highest BCUT2D eigenvalue weighted by atomic mass is 16.6. The molecule has 1 aliphatic carbocycles. The van der Waals surface area contributed by atoms with Gasteiger partial charge in [-0.15, -0.1) is 0 Å². The summed E-state index contributed by atoms with van der Waals surface area (Å²) in [5.41, 5.74) is -0.140. The minimum atomic E-state index is -1.04. The number of oxazole rings is 1. The molecule has 0 saturated heterocycles. The number of anilines is 2. The number of carbonyl (C=O) groups is 3. The zero-order valence-corrected chi connectivity index (χ0v) is 18.4. The molecular formula is C23H20N4O8. The first-order chi connectivity index (χ1) is 16.8. The van der Waals surface area contributed by atoms with Gasteiger partial charge in [0.1, 0.15) is 12.1 Å². The lowest BCUT2D eigenvalue weighted by atomic mass is 9.90. The van der Waals surface area contributed by atoms with Crippen molar-refractivity contribution in [2.24, 2.45) is 0 Å². The summed E-state index contributed by atoms with van der Waals surface area (Å²) < 4.78 is 11.1.